The second-order valence-corrected chi connectivity index (χ2v) is 4.82. The van der Waals surface area contributed by atoms with Gasteiger partial charge in [-0.15, -0.1) is 0 Å². The molecule has 0 bridgehead atoms. The van der Waals surface area contributed by atoms with Crippen molar-refractivity contribution in [1.82, 2.24) is 5.32 Å². The van der Waals surface area contributed by atoms with E-state index in [4.69, 9.17) is 16.9 Å². The van der Waals surface area contributed by atoms with Crippen molar-refractivity contribution in [2.24, 2.45) is 0 Å². The van der Waals surface area contributed by atoms with Crippen LogP contribution in [0.15, 0.2) is 18.2 Å². The Balaban J connectivity index is 2.08. The highest BCUT2D eigenvalue weighted by atomic mass is 35.5. The quantitative estimate of drug-likeness (QED) is 0.887. The van der Waals surface area contributed by atoms with E-state index < -0.39 is 0 Å². The molecular weight excluding hydrogens is 250 g/mol. The molecule has 1 aliphatic rings. The first-order valence-corrected chi connectivity index (χ1v) is 6.19. The molecule has 0 spiro atoms. The Morgan fingerprint density at radius 2 is 2.39 bits per heavy atom. The predicted octanol–water partition coefficient (Wildman–Crippen LogP) is 1.93. The summed E-state index contributed by atoms with van der Waals surface area (Å²) in [5.74, 6) is -0.000268. The summed E-state index contributed by atoms with van der Waals surface area (Å²) in [6.45, 7) is 3.19. The third-order valence-electron chi connectivity index (χ3n) is 3.03. The van der Waals surface area contributed by atoms with E-state index in [1.54, 1.807) is 12.1 Å². The zero-order chi connectivity index (χ0) is 13.1. The number of benzene rings is 1. The van der Waals surface area contributed by atoms with Crippen molar-refractivity contribution in [2.45, 2.75) is 19.4 Å². The smallest absolute Gasteiger partial charge is 0.217 e. The summed E-state index contributed by atoms with van der Waals surface area (Å²) in [6.07, 6.45) is 0.928. The normalized spacial score (nSPS) is 18.5. The van der Waals surface area contributed by atoms with Crippen molar-refractivity contribution in [1.29, 1.82) is 5.26 Å². The van der Waals surface area contributed by atoms with Crippen LogP contribution < -0.4 is 10.2 Å². The molecule has 1 aliphatic heterocycles. The zero-order valence-corrected chi connectivity index (χ0v) is 10.9. The van der Waals surface area contributed by atoms with Crippen LogP contribution in [0.4, 0.5) is 5.69 Å². The molecule has 0 aromatic heterocycles. The van der Waals surface area contributed by atoms with E-state index >= 15 is 0 Å². The molecule has 94 valence electrons. The average molecular weight is 264 g/mol. The van der Waals surface area contributed by atoms with Gasteiger partial charge in [0.25, 0.3) is 0 Å². The number of nitriles is 1. The van der Waals surface area contributed by atoms with Gasteiger partial charge in [-0.25, -0.2) is 0 Å². The Morgan fingerprint density at radius 1 is 1.61 bits per heavy atom. The molecule has 4 nitrogen and oxygen atoms in total. The highest BCUT2D eigenvalue weighted by Crippen LogP contribution is 2.26. The van der Waals surface area contributed by atoms with Crippen LogP contribution in [0, 0.1) is 11.3 Å². The number of halogens is 1. The second kappa shape index (κ2) is 5.28. The van der Waals surface area contributed by atoms with E-state index in [1.807, 2.05) is 12.1 Å². The maximum absolute atomic E-state index is 11.0. The topological polar surface area (TPSA) is 56.1 Å². The fraction of sp³-hybridized carbons (Fsp3) is 0.385. The van der Waals surface area contributed by atoms with Gasteiger partial charge in [-0.05, 0) is 24.6 Å². The lowest BCUT2D eigenvalue weighted by Crippen LogP contribution is -2.35. The lowest BCUT2D eigenvalue weighted by molar-refractivity contribution is -0.119. The molecule has 1 unspecified atom stereocenters. The van der Waals surface area contributed by atoms with Crippen molar-refractivity contribution in [3.63, 3.8) is 0 Å². The van der Waals surface area contributed by atoms with E-state index in [0.717, 1.165) is 25.2 Å². The van der Waals surface area contributed by atoms with E-state index in [9.17, 15) is 4.79 Å². The average Bonchev–Trinajstić information content (AvgIpc) is 2.76. The van der Waals surface area contributed by atoms with Gasteiger partial charge in [-0.1, -0.05) is 11.6 Å². The van der Waals surface area contributed by atoms with E-state index in [1.165, 1.54) is 6.92 Å². The molecule has 0 aliphatic carbocycles. The van der Waals surface area contributed by atoms with E-state index in [-0.39, 0.29) is 11.9 Å². The lowest BCUT2D eigenvalue weighted by atomic mass is 10.2. The molecular formula is C13H14ClN3O. The van der Waals surface area contributed by atoms with E-state index in [0.29, 0.717) is 10.6 Å². The van der Waals surface area contributed by atoms with Gasteiger partial charge in [0, 0.05) is 31.7 Å². The van der Waals surface area contributed by atoms with Gasteiger partial charge in [0.2, 0.25) is 5.91 Å². The number of nitrogens with one attached hydrogen (secondary N) is 1. The molecule has 1 saturated heterocycles. The number of carbonyl (C=O) groups is 1. The molecule has 0 radical (unpaired) electrons. The van der Waals surface area contributed by atoms with Crippen LogP contribution >= 0.6 is 11.6 Å². The third-order valence-corrected chi connectivity index (χ3v) is 3.35. The Bertz CT molecular complexity index is 509. The van der Waals surface area contributed by atoms with Crippen LogP contribution in [0.3, 0.4) is 0 Å². The standard InChI is InChI=1S/C13H14ClN3O/c1-9(18)16-11-4-5-17(8-11)12-3-2-10(7-15)13(14)6-12/h2-3,6,11H,4-5,8H2,1H3,(H,16,18). The summed E-state index contributed by atoms with van der Waals surface area (Å²) < 4.78 is 0. The Labute approximate surface area is 111 Å². The van der Waals surface area contributed by atoms with Crippen molar-refractivity contribution in [2.75, 3.05) is 18.0 Å². The highest BCUT2D eigenvalue weighted by Gasteiger charge is 2.23. The second-order valence-electron chi connectivity index (χ2n) is 4.41. The summed E-state index contributed by atoms with van der Waals surface area (Å²) >= 11 is 6.01. The summed E-state index contributed by atoms with van der Waals surface area (Å²) in [5, 5.41) is 12.2. The minimum Gasteiger partial charge on any atom is -0.369 e. The van der Waals surface area contributed by atoms with E-state index in [2.05, 4.69) is 10.2 Å². The Kier molecular flexibility index (Phi) is 3.73. The first-order valence-electron chi connectivity index (χ1n) is 5.82. The minimum atomic E-state index is -0.000268. The van der Waals surface area contributed by atoms with Gasteiger partial charge in [0.05, 0.1) is 10.6 Å². The van der Waals surface area contributed by atoms with Gasteiger partial charge in [-0.3, -0.25) is 4.79 Å². The molecule has 1 heterocycles. The van der Waals surface area contributed by atoms with Crippen LogP contribution in [-0.2, 0) is 4.79 Å². The number of hydrogen-bond acceptors (Lipinski definition) is 3. The van der Waals surface area contributed by atoms with Crippen LogP contribution in [-0.4, -0.2) is 25.0 Å². The molecule has 0 saturated carbocycles. The molecule has 2 rings (SSSR count). The number of amides is 1. The predicted molar refractivity (Wildman–Crippen MR) is 70.6 cm³/mol. The maximum atomic E-state index is 11.0. The molecule has 1 N–H and O–H groups in total. The van der Waals surface area contributed by atoms with Crippen molar-refractivity contribution < 1.29 is 4.79 Å². The molecule has 1 aromatic rings. The first-order chi connectivity index (χ1) is 8.60. The zero-order valence-electron chi connectivity index (χ0n) is 10.1. The van der Waals surface area contributed by atoms with Crippen LogP contribution in [0.5, 0.6) is 0 Å². The summed E-state index contributed by atoms with van der Waals surface area (Å²) in [4.78, 5) is 13.2. The first kappa shape index (κ1) is 12.7. The number of hydrogen-bond donors (Lipinski definition) is 1. The van der Waals surface area contributed by atoms with Crippen molar-refractivity contribution >= 4 is 23.2 Å². The summed E-state index contributed by atoms with van der Waals surface area (Å²) in [5.41, 5.74) is 1.48. The largest absolute Gasteiger partial charge is 0.369 e. The van der Waals surface area contributed by atoms with Crippen LogP contribution in [0.2, 0.25) is 5.02 Å². The number of carbonyl (C=O) groups excluding carboxylic acids is 1. The molecule has 5 heteroatoms. The fourth-order valence-corrected chi connectivity index (χ4v) is 2.41. The van der Waals surface area contributed by atoms with Gasteiger partial charge in [0.15, 0.2) is 0 Å². The molecule has 18 heavy (non-hydrogen) atoms. The van der Waals surface area contributed by atoms with Crippen molar-refractivity contribution in [3.05, 3.63) is 28.8 Å². The molecule has 1 amide bonds. The highest BCUT2D eigenvalue weighted by molar-refractivity contribution is 6.32. The Morgan fingerprint density at radius 3 is 3.00 bits per heavy atom. The number of anilines is 1. The third kappa shape index (κ3) is 2.74. The van der Waals surface area contributed by atoms with Crippen molar-refractivity contribution in [3.8, 4) is 6.07 Å². The maximum Gasteiger partial charge on any atom is 0.217 e. The molecule has 1 fully saturated rings. The van der Waals surface area contributed by atoms with Crippen LogP contribution in [0.25, 0.3) is 0 Å². The summed E-state index contributed by atoms with van der Waals surface area (Å²) in [6, 6.07) is 7.65. The monoisotopic (exact) mass is 263 g/mol. The van der Waals surface area contributed by atoms with Gasteiger partial charge in [-0.2, -0.15) is 5.26 Å². The number of nitrogens with zero attached hydrogens (tertiary/aromatic N) is 2. The lowest BCUT2D eigenvalue weighted by Gasteiger charge is -2.19. The van der Waals surface area contributed by atoms with Gasteiger partial charge in [0.1, 0.15) is 6.07 Å². The van der Waals surface area contributed by atoms with Gasteiger partial charge >= 0.3 is 0 Å². The molecule has 1 aromatic carbocycles. The van der Waals surface area contributed by atoms with Crippen LogP contribution in [0.1, 0.15) is 18.9 Å². The Hall–Kier alpha value is -1.73. The SMILES string of the molecule is CC(=O)NC1CCN(c2ccc(C#N)c(Cl)c2)C1. The number of rotatable bonds is 2. The minimum absolute atomic E-state index is 0.000268. The fourth-order valence-electron chi connectivity index (χ4n) is 2.19. The van der Waals surface area contributed by atoms with Gasteiger partial charge < -0.3 is 10.2 Å². The molecule has 1 atom stereocenters. The summed E-state index contributed by atoms with van der Waals surface area (Å²) in [7, 11) is 0.